The molecule has 11 heteroatoms. The molecule has 1 N–H and O–H groups in total. The number of amides is 3. The first-order chi connectivity index (χ1) is 16.9. The molecule has 1 aliphatic rings. The number of carbonyl (C=O) groups excluding carboxylic acids is 3. The maximum absolute atomic E-state index is 12.7. The van der Waals surface area contributed by atoms with Gasteiger partial charge < -0.3 is 5.32 Å². The first-order valence-corrected chi connectivity index (χ1v) is 11.2. The minimum atomic E-state index is -0.868. The molecular formula is C24H15N5O5S. The highest BCUT2D eigenvalue weighted by atomic mass is 32.1. The van der Waals surface area contributed by atoms with Gasteiger partial charge in [0.25, 0.3) is 17.5 Å². The predicted molar refractivity (Wildman–Crippen MR) is 128 cm³/mol. The van der Waals surface area contributed by atoms with Crippen molar-refractivity contribution in [3.63, 3.8) is 0 Å². The first kappa shape index (κ1) is 22.0. The molecule has 0 unspecified atom stereocenters. The van der Waals surface area contributed by atoms with E-state index in [0.29, 0.717) is 10.6 Å². The van der Waals surface area contributed by atoms with Crippen LogP contribution < -0.4 is 5.32 Å². The highest BCUT2D eigenvalue weighted by molar-refractivity contribution is 7.13. The number of hydrogen-bond acceptors (Lipinski definition) is 8. The van der Waals surface area contributed by atoms with E-state index in [0.717, 1.165) is 27.9 Å². The van der Waals surface area contributed by atoms with Crippen molar-refractivity contribution in [1.29, 1.82) is 0 Å². The summed E-state index contributed by atoms with van der Waals surface area (Å²) in [5.41, 5.74) is 2.04. The van der Waals surface area contributed by atoms with Gasteiger partial charge in [0.1, 0.15) is 17.1 Å². The zero-order valence-electron chi connectivity index (χ0n) is 17.9. The summed E-state index contributed by atoms with van der Waals surface area (Å²) in [6.07, 6.45) is 3.39. The predicted octanol–water partition coefficient (Wildman–Crippen LogP) is 4.02. The Labute approximate surface area is 202 Å². The van der Waals surface area contributed by atoms with Crippen LogP contribution in [-0.4, -0.2) is 44.1 Å². The third-order valence-electron chi connectivity index (χ3n) is 5.35. The van der Waals surface area contributed by atoms with Crippen molar-refractivity contribution >= 4 is 40.4 Å². The van der Waals surface area contributed by atoms with E-state index in [1.54, 1.807) is 30.6 Å². The lowest BCUT2D eigenvalue weighted by Gasteiger charge is -2.14. The van der Waals surface area contributed by atoms with Crippen LogP contribution in [0.15, 0.2) is 72.4 Å². The average Bonchev–Trinajstić information content (AvgIpc) is 3.45. The lowest BCUT2D eigenvalue weighted by atomic mass is 10.1. The van der Waals surface area contributed by atoms with E-state index in [1.807, 2.05) is 23.6 Å². The number of nitrogens with one attached hydrogen (secondary N) is 1. The molecule has 172 valence electrons. The highest BCUT2D eigenvalue weighted by Crippen LogP contribution is 2.31. The van der Waals surface area contributed by atoms with E-state index < -0.39 is 34.9 Å². The van der Waals surface area contributed by atoms with Gasteiger partial charge in [-0.3, -0.25) is 34.4 Å². The number of nitrogens with zero attached hydrogens (tertiary/aromatic N) is 4. The summed E-state index contributed by atoms with van der Waals surface area (Å²) in [7, 11) is 0. The molecule has 0 atom stereocenters. The van der Waals surface area contributed by atoms with E-state index in [-0.39, 0.29) is 11.1 Å². The van der Waals surface area contributed by atoms with Crippen LogP contribution in [0.5, 0.6) is 0 Å². The van der Waals surface area contributed by atoms with E-state index in [2.05, 4.69) is 15.3 Å². The molecule has 0 radical (unpaired) electrons. The van der Waals surface area contributed by atoms with Gasteiger partial charge in [-0.25, -0.2) is 4.98 Å². The van der Waals surface area contributed by atoms with Crippen molar-refractivity contribution in [1.82, 2.24) is 14.9 Å². The van der Waals surface area contributed by atoms with Gasteiger partial charge in [-0.05, 0) is 30.3 Å². The van der Waals surface area contributed by atoms with Gasteiger partial charge in [0.2, 0.25) is 5.91 Å². The fourth-order valence-corrected chi connectivity index (χ4v) is 4.58. The van der Waals surface area contributed by atoms with Gasteiger partial charge >= 0.3 is 0 Å². The number of pyridine rings is 1. The Kier molecular flexibility index (Phi) is 5.59. The quantitative estimate of drug-likeness (QED) is 0.248. The summed E-state index contributed by atoms with van der Waals surface area (Å²) in [4.78, 5) is 57.8. The second-order valence-electron chi connectivity index (χ2n) is 7.56. The molecule has 2 aromatic heterocycles. The largest absolute Gasteiger partial charge is 0.325 e. The highest BCUT2D eigenvalue weighted by Gasteiger charge is 2.41. The molecule has 0 bridgehead atoms. The van der Waals surface area contributed by atoms with Crippen LogP contribution in [-0.2, 0) is 4.79 Å². The molecule has 10 nitrogen and oxygen atoms in total. The Balaban J connectivity index is 1.31. The van der Waals surface area contributed by atoms with Crippen molar-refractivity contribution in [2.24, 2.45) is 0 Å². The minimum Gasteiger partial charge on any atom is -0.325 e. The van der Waals surface area contributed by atoms with Crippen molar-refractivity contribution in [3.8, 4) is 21.8 Å². The molecule has 2 aromatic carbocycles. The van der Waals surface area contributed by atoms with Crippen molar-refractivity contribution < 1.29 is 19.3 Å². The number of benzene rings is 2. The Morgan fingerprint density at radius 1 is 1.03 bits per heavy atom. The number of imide groups is 1. The second kappa shape index (κ2) is 8.88. The van der Waals surface area contributed by atoms with E-state index in [4.69, 9.17) is 0 Å². The lowest BCUT2D eigenvalue weighted by Crippen LogP contribution is -2.37. The van der Waals surface area contributed by atoms with Gasteiger partial charge in [-0.15, -0.1) is 11.3 Å². The maximum Gasteiger partial charge on any atom is 0.282 e. The third kappa shape index (κ3) is 4.15. The SMILES string of the molecule is O=C(CN1C(=O)c2cccc([N+](=O)[O-])c2C1=O)Nc1cccc(-c2csc(-c3ccncc3)n2)c1. The fraction of sp³-hybridized carbons (Fsp3) is 0.0417. The fourth-order valence-electron chi connectivity index (χ4n) is 3.75. The van der Waals surface area contributed by atoms with E-state index in [9.17, 15) is 24.5 Å². The van der Waals surface area contributed by atoms with Crippen molar-refractivity contribution in [2.45, 2.75) is 0 Å². The molecule has 35 heavy (non-hydrogen) atoms. The van der Waals surface area contributed by atoms with Gasteiger partial charge in [-0.2, -0.15) is 0 Å². The molecule has 0 fully saturated rings. The van der Waals surface area contributed by atoms with Crippen LogP contribution in [0, 0.1) is 10.1 Å². The minimum absolute atomic E-state index is 0.0902. The topological polar surface area (TPSA) is 135 Å². The lowest BCUT2D eigenvalue weighted by molar-refractivity contribution is -0.385. The standard InChI is InChI=1S/C24H15N5O5S/c30-20(12-28-23(31)17-5-2-6-19(29(33)34)21(17)24(28)32)26-16-4-1-3-15(11-16)18-13-35-22(27-18)14-7-9-25-10-8-14/h1-11,13H,12H2,(H,26,30). The van der Waals surface area contributed by atoms with Crippen LogP contribution in [0.1, 0.15) is 20.7 Å². The summed E-state index contributed by atoms with van der Waals surface area (Å²) in [6, 6.07) is 14.6. The molecule has 3 heterocycles. The van der Waals surface area contributed by atoms with Crippen LogP contribution >= 0.6 is 11.3 Å². The number of fused-ring (bicyclic) bond motifs is 1. The van der Waals surface area contributed by atoms with E-state index >= 15 is 0 Å². The number of hydrogen-bond donors (Lipinski definition) is 1. The molecule has 1 aliphatic heterocycles. The number of rotatable bonds is 6. The van der Waals surface area contributed by atoms with Crippen LogP contribution in [0.25, 0.3) is 21.8 Å². The number of nitro groups is 1. The van der Waals surface area contributed by atoms with Gasteiger partial charge in [0, 0.05) is 40.7 Å². The molecule has 0 saturated carbocycles. The van der Waals surface area contributed by atoms with Crippen LogP contribution in [0.4, 0.5) is 11.4 Å². The van der Waals surface area contributed by atoms with Crippen molar-refractivity contribution in [2.75, 3.05) is 11.9 Å². The molecule has 0 aliphatic carbocycles. The van der Waals surface area contributed by atoms with Crippen LogP contribution in [0.2, 0.25) is 0 Å². The van der Waals surface area contributed by atoms with Crippen molar-refractivity contribution in [3.05, 3.63) is 93.6 Å². The average molecular weight is 485 g/mol. The van der Waals surface area contributed by atoms with Crippen LogP contribution in [0.3, 0.4) is 0 Å². The Morgan fingerprint density at radius 3 is 2.57 bits per heavy atom. The number of nitro benzene ring substituents is 1. The maximum atomic E-state index is 12.7. The zero-order valence-corrected chi connectivity index (χ0v) is 18.7. The molecule has 5 rings (SSSR count). The van der Waals surface area contributed by atoms with Gasteiger partial charge in [0.15, 0.2) is 0 Å². The van der Waals surface area contributed by atoms with Gasteiger partial charge in [-0.1, -0.05) is 18.2 Å². The zero-order chi connectivity index (χ0) is 24.5. The summed E-state index contributed by atoms with van der Waals surface area (Å²) in [6.45, 7) is -0.573. The summed E-state index contributed by atoms with van der Waals surface area (Å²) in [5, 5.41) is 16.7. The summed E-state index contributed by atoms with van der Waals surface area (Å²) >= 11 is 1.48. The molecule has 4 aromatic rings. The Morgan fingerprint density at radius 2 is 1.80 bits per heavy atom. The summed E-state index contributed by atoms with van der Waals surface area (Å²) < 4.78 is 0. The van der Waals surface area contributed by atoms with Gasteiger partial charge in [0.05, 0.1) is 16.2 Å². The number of anilines is 1. The monoisotopic (exact) mass is 485 g/mol. The number of carbonyl (C=O) groups is 3. The molecule has 3 amide bonds. The molecule has 0 saturated heterocycles. The molecular weight excluding hydrogens is 470 g/mol. The second-order valence-corrected chi connectivity index (χ2v) is 8.41. The third-order valence-corrected chi connectivity index (χ3v) is 6.24. The number of aromatic nitrogens is 2. The number of thiazole rings is 1. The van der Waals surface area contributed by atoms with E-state index in [1.165, 1.54) is 23.5 Å². The normalized spacial score (nSPS) is 12.5. The molecule has 0 spiro atoms. The summed E-state index contributed by atoms with van der Waals surface area (Å²) in [5.74, 6) is -2.23. The smallest absolute Gasteiger partial charge is 0.282 e. The first-order valence-electron chi connectivity index (χ1n) is 10.3. The Hall–Kier alpha value is -4.77. The Bertz CT molecular complexity index is 1500.